The lowest BCUT2D eigenvalue weighted by molar-refractivity contribution is 0.570. The van der Waals surface area contributed by atoms with Crippen molar-refractivity contribution < 1.29 is 8.42 Å². The number of rotatable bonds is 2. The van der Waals surface area contributed by atoms with Gasteiger partial charge in [0.25, 0.3) is 10.0 Å². The van der Waals surface area contributed by atoms with Crippen LogP contribution < -0.4 is 0 Å². The molecule has 0 saturated carbocycles. The standard InChI is InChI=1S/C5H9N3O2S/c1-5(2)11(9,10)8-4-6-3-7-8/h3-5H,1-2H3. The summed E-state index contributed by atoms with van der Waals surface area (Å²) in [5.74, 6) is 0. The molecular formula is C5H9N3O2S. The Bertz CT molecular complexity index is 314. The van der Waals surface area contributed by atoms with E-state index in [2.05, 4.69) is 10.1 Å². The number of hydrogen-bond acceptors (Lipinski definition) is 4. The Morgan fingerprint density at radius 3 is 2.45 bits per heavy atom. The van der Waals surface area contributed by atoms with Crippen LogP contribution in [0.25, 0.3) is 0 Å². The highest BCUT2D eigenvalue weighted by Crippen LogP contribution is 2.01. The lowest BCUT2D eigenvalue weighted by Crippen LogP contribution is -2.22. The van der Waals surface area contributed by atoms with E-state index < -0.39 is 15.3 Å². The zero-order chi connectivity index (χ0) is 8.48. The minimum absolute atomic E-state index is 0.468. The summed E-state index contributed by atoms with van der Waals surface area (Å²) in [6.07, 6.45) is 2.37. The van der Waals surface area contributed by atoms with Crippen LogP contribution in [-0.4, -0.2) is 27.8 Å². The molecule has 6 heteroatoms. The van der Waals surface area contributed by atoms with Crippen LogP contribution in [0.3, 0.4) is 0 Å². The molecule has 0 atom stereocenters. The Morgan fingerprint density at radius 1 is 1.45 bits per heavy atom. The fraction of sp³-hybridized carbons (Fsp3) is 0.600. The molecule has 0 aliphatic carbocycles. The SMILES string of the molecule is CC(C)S(=O)(=O)n1cncn1. The van der Waals surface area contributed by atoms with Crippen molar-refractivity contribution in [3.63, 3.8) is 0 Å². The van der Waals surface area contributed by atoms with E-state index in [4.69, 9.17) is 0 Å². The Kier molecular flexibility index (Phi) is 1.95. The third-order valence-corrected chi connectivity index (χ3v) is 3.16. The van der Waals surface area contributed by atoms with E-state index in [1.807, 2.05) is 0 Å². The summed E-state index contributed by atoms with van der Waals surface area (Å²) < 4.78 is 23.4. The molecule has 5 nitrogen and oxygen atoms in total. The maximum atomic E-state index is 11.3. The monoisotopic (exact) mass is 175 g/mol. The van der Waals surface area contributed by atoms with Gasteiger partial charge < -0.3 is 0 Å². The second kappa shape index (κ2) is 2.61. The van der Waals surface area contributed by atoms with Crippen LogP contribution in [0.1, 0.15) is 13.8 Å². The molecule has 0 saturated heterocycles. The van der Waals surface area contributed by atoms with Gasteiger partial charge in [-0.1, -0.05) is 0 Å². The van der Waals surface area contributed by atoms with Crippen molar-refractivity contribution in [1.29, 1.82) is 0 Å². The minimum atomic E-state index is -3.29. The van der Waals surface area contributed by atoms with E-state index in [1.54, 1.807) is 13.8 Å². The van der Waals surface area contributed by atoms with Crippen LogP contribution in [-0.2, 0) is 10.0 Å². The molecule has 0 spiro atoms. The predicted molar refractivity (Wildman–Crippen MR) is 39.5 cm³/mol. The highest BCUT2D eigenvalue weighted by atomic mass is 32.2. The Balaban J connectivity index is 3.12. The van der Waals surface area contributed by atoms with E-state index in [-0.39, 0.29) is 0 Å². The molecule has 0 aliphatic heterocycles. The van der Waals surface area contributed by atoms with Gasteiger partial charge in [-0.3, -0.25) is 0 Å². The van der Waals surface area contributed by atoms with Crippen molar-refractivity contribution in [3.8, 4) is 0 Å². The number of aromatic nitrogens is 3. The molecule has 1 aromatic rings. The fourth-order valence-electron chi connectivity index (χ4n) is 0.545. The summed E-state index contributed by atoms with van der Waals surface area (Å²) in [6.45, 7) is 3.19. The number of nitrogens with zero attached hydrogens (tertiary/aromatic N) is 3. The molecule has 0 aliphatic rings. The summed E-state index contributed by atoms with van der Waals surface area (Å²) in [4.78, 5) is 3.54. The van der Waals surface area contributed by atoms with Crippen molar-refractivity contribution >= 4 is 10.0 Å². The summed E-state index contributed by atoms with van der Waals surface area (Å²) in [6, 6.07) is 0. The van der Waals surface area contributed by atoms with Crippen LogP contribution in [0.5, 0.6) is 0 Å². The first kappa shape index (κ1) is 8.19. The lowest BCUT2D eigenvalue weighted by Gasteiger charge is -2.04. The summed E-state index contributed by atoms with van der Waals surface area (Å²) >= 11 is 0. The average molecular weight is 175 g/mol. The summed E-state index contributed by atoms with van der Waals surface area (Å²) in [7, 11) is -3.29. The molecule has 0 amide bonds. The van der Waals surface area contributed by atoms with Crippen LogP contribution in [0, 0.1) is 0 Å². The normalized spacial score (nSPS) is 12.3. The summed E-state index contributed by atoms with van der Waals surface area (Å²) in [5.41, 5.74) is 0. The first-order valence-corrected chi connectivity index (χ1v) is 4.64. The molecule has 11 heavy (non-hydrogen) atoms. The van der Waals surface area contributed by atoms with Crippen molar-refractivity contribution in [2.45, 2.75) is 19.1 Å². The Hall–Kier alpha value is -0.910. The Morgan fingerprint density at radius 2 is 2.09 bits per heavy atom. The van der Waals surface area contributed by atoms with Crippen LogP contribution in [0.15, 0.2) is 12.7 Å². The quantitative estimate of drug-likeness (QED) is 0.627. The van der Waals surface area contributed by atoms with Gasteiger partial charge in [0.2, 0.25) is 0 Å². The van der Waals surface area contributed by atoms with Crippen molar-refractivity contribution in [2.75, 3.05) is 0 Å². The molecule has 0 aromatic carbocycles. The molecule has 0 radical (unpaired) electrons. The minimum Gasteiger partial charge on any atom is -0.222 e. The van der Waals surface area contributed by atoms with Gasteiger partial charge in [0.1, 0.15) is 12.7 Å². The van der Waals surface area contributed by atoms with Crippen molar-refractivity contribution in [1.82, 2.24) is 14.2 Å². The molecule has 0 N–H and O–H groups in total. The van der Waals surface area contributed by atoms with Crippen molar-refractivity contribution in [2.24, 2.45) is 0 Å². The first-order chi connectivity index (χ1) is 5.05. The zero-order valence-electron chi connectivity index (χ0n) is 6.30. The van der Waals surface area contributed by atoms with E-state index in [0.29, 0.717) is 0 Å². The van der Waals surface area contributed by atoms with Gasteiger partial charge in [0, 0.05) is 0 Å². The molecule has 0 bridgehead atoms. The molecule has 62 valence electrons. The van der Waals surface area contributed by atoms with Crippen LogP contribution in [0.2, 0.25) is 0 Å². The molecule has 1 rings (SSSR count). The van der Waals surface area contributed by atoms with Gasteiger partial charge in [0.15, 0.2) is 0 Å². The molecule has 0 unspecified atom stereocenters. The Labute approximate surface area is 65.1 Å². The third-order valence-electron chi connectivity index (χ3n) is 1.25. The highest BCUT2D eigenvalue weighted by Gasteiger charge is 2.18. The van der Waals surface area contributed by atoms with Gasteiger partial charge in [-0.25, -0.2) is 13.4 Å². The van der Waals surface area contributed by atoms with Crippen LogP contribution in [0.4, 0.5) is 0 Å². The molecule has 1 heterocycles. The van der Waals surface area contributed by atoms with Gasteiger partial charge in [-0.05, 0) is 13.8 Å². The molecule has 0 fully saturated rings. The molecular weight excluding hydrogens is 166 g/mol. The van der Waals surface area contributed by atoms with Gasteiger partial charge in [-0.15, -0.1) is 9.19 Å². The zero-order valence-corrected chi connectivity index (χ0v) is 7.11. The van der Waals surface area contributed by atoms with Gasteiger partial charge >= 0.3 is 0 Å². The number of hydrogen-bond donors (Lipinski definition) is 0. The second-order valence-electron chi connectivity index (χ2n) is 2.36. The maximum absolute atomic E-state index is 11.3. The van der Waals surface area contributed by atoms with E-state index in [0.717, 1.165) is 4.09 Å². The second-order valence-corrected chi connectivity index (χ2v) is 4.71. The smallest absolute Gasteiger partial charge is 0.222 e. The fourth-order valence-corrected chi connectivity index (χ4v) is 1.34. The van der Waals surface area contributed by atoms with E-state index in [1.165, 1.54) is 12.7 Å². The predicted octanol–water partition coefficient (Wildman–Crippen LogP) is -0.136. The topological polar surface area (TPSA) is 64.8 Å². The van der Waals surface area contributed by atoms with Gasteiger partial charge in [0.05, 0.1) is 5.25 Å². The largest absolute Gasteiger partial charge is 0.257 e. The van der Waals surface area contributed by atoms with E-state index in [9.17, 15) is 8.42 Å². The van der Waals surface area contributed by atoms with E-state index >= 15 is 0 Å². The highest BCUT2D eigenvalue weighted by molar-refractivity contribution is 7.90. The molecule has 1 aromatic heterocycles. The summed E-state index contributed by atoms with van der Waals surface area (Å²) in [5, 5.41) is 3.06. The van der Waals surface area contributed by atoms with Crippen molar-refractivity contribution in [3.05, 3.63) is 12.7 Å². The van der Waals surface area contributed by atoms with Crippen LogP contribution >= 0.6 is 0 Å². The average Bonchev–Trinajstić information content (AvgIpc) is 2.37. The first-order valence-electron chi connectivity index (χ1n) is 3.14. The maximum Gasteiger partial charge on any atom is 0.257 e. The van der Waals surface area contributed by atoms with Gasteiger partial charge in [-0.2, -0.15) is 0 Å². The third kappa shape index (κ3) is 1.40. The lowest BCUT2D eigenvalue weighted by atomic mass is 10.6.